The summed E-state index contributed by atoms with van der Waals surface area (Å²) < 4.78 is 11.0. The number of aliphatic hydroxyl groups excluding tert-OH is 1. The second kappa shape index (κ2) is 12.5. The van der Waals surface area contributed by atoms with Crippen LogP contribution >= 0.6 is 0 Å². The highest BCUT2D eigenvalue weighted by atomic mass is 16.5. The third kappa shape index (κ3) is 8.11. The summed E-state index contributed by atoms with van der Waals surface area (Å²) in [6, 6.07) is 8.42. The number of hydrogen-bond acceptors (Lipinski definition) is 5. The van der Waals surface area contributed by atoms with Gasteiger partial charge in [0.1, 0.15) is 5.75 Å². The number of aliphatic hydroxyl groups is 1. The molecule has 0 aromatic heterocycles. The van der Waals surface area contributed by atoms with Crippen LogP contribution in [0.25, 0.3) is 0 Å². The Morgan fingerprint density at radius 2 is 2.10 bits per heavy atom. The molecule has 164 valence electrons. The van der Waals surface area contributed by atoms with E-state index in [0.29, 0.717) is 25.7 Å². The van der Waals surface area contributed by atoms with Crippen molar-refractivity contribution in [2.45, 2.75) is 45.8 Å². The number of para-hydroxylation sites is 2. The van der Waals surface area contributed by atoms with E-state index in [1.54, 1.807) is 7.11 Å². The maximum absolute atomic E-state index is 10.1. The van der Waals surface area contributed by atoms with Gasteiger partial charge in [0.05, 0.1) is 32.1 Å². The third-order valence-electron chi connectivity index (χ3n) is 4.75. The van der Waals surface area contributed by atoms with Crippen molar-refractivity contribution in [3.05, 3.63) is 24.3 Å². The number of hydrogen-bond donors (Lipinski definition) is 3. The first-order valence-corrected chi connectivity index (χ1v) is 10.7. The van der Waals surface area contributed by atoms with Crippen molar-refractivity contribution in [3.8, 4) is 5.75 Å². The number of guanidine groups is 1. The van der Waals surface area contributed by atoms with Crippen molar-refractivity contribution < 1.29 is 14.6 Å². The first-order chi connectivity index (χ1) is 14.0. The maximum atomic E-state index is 10.1. The van der Waals surface area contributed by atoms with Crippen LogP contribution in [0, 0.1) is 5.92 Å². The van der Waals surface area contributed by atoms with E-state index in [1.165, 1.54) is 0 Å². The average molecular weight is 407 g/mol. The van der Waals surface area contributed by atoms with E-state index in [9.17, 15) is 5.11 Å². The molecule has 3 N–H and O–H groups in total. The highest BCUT2D eigenvalue weighted by molar-refractivity contribution is 5.80. The quantitative estimate of drug-likeness (QED) is 0.409. The van der Waals surface area contributed by atoms with Gasteiger partial charge in [-0.15, -0.1) is 0 Å². The molecule has 2 atom stereocenters. The number of ether oxygens (including phenoxy) is 2. The van der Waals surface area contributed by atoms with Crippen molar-refractivity contribution in [1.82, 2.24) is 10.6 Å². The molecule has 2 unspecified atom stereocenters. The summed E-state index contributed by atoms with van der Waals surface area (Å²) >= 11 is 0. The zero-order chi connectivity index (χ0) is 21.1. The van der Waals surface area contributed by atoms with Crippen molar-refractivity contribution in [2.75, 3.05) is 51.4 Å². The fraction of sp³-hybridized carbons (Fsp3) is 0.682. The fourth-order valence-electron chi connectivity index (χ4n) is 3.41. The first kappa shape index (κ1) is 23.3. The highest BCUT2D eigenvalue weighted by Gasteiger charge is 2.23. The zero-order valence-corrected chi connectivity index (χ0v) is 18.4. The van der Waals surface area contributed by atoms with Gasteiger partial charge in [-0.3, -0.25) is 4.99 Å². The molecular formula is C22H38N4O3. The molecule has 29 heavy (non-hydrogen) atoms. The Hall–Kier alpha value is -1.99. The minimum Gasteiger partial charge on any atom is -0.495 e. The summed E-state index contributed by atoms with van der Waals surface area (Å²) in [6.45, 7) is 10.2. The number of piperidine rings is 1. The summed E-state index contributed by atoms with van der Waals surface area (Å²) in [5, 5.41) is 16.9. The lowest BCUT2D eigenvalue weighted by atomic mass is 10.0. The van der Waals surface area contributed by atoms with Gasteiger partial charge in [-0.1, -0.05) is 26.0 Å². The van der Waals surface area contributed by atoms with Crippen LogP contribution in [0.4, 0.5) is 5.69 Å². The lowest BCUT2D eigenvalue weighted by Gasteiger charge is -2.36. The third-order valence-corrected chi connectivity index (χ3v) is 4.75. The standard InChI is InChI=1S/C22H38N4O3/c1-5-23-22(24-13-19(27)16-29-15-17(2)3)25-18-9-8-12-26(14-18)20-10-6-7-11-21(20)28-4/h6-7,10-11,17-19,27H,5,8-9,12-16H2,1-4H3,(H2,23,24,25). The molecule has 1 heterocycles. The number of methoxy groups -OCH3 is 1. The number of anilines is 1. The molecule has 0 spiro atoms. The largest absolute Gasteiger partial charge is 0.495 e. The molecule has 0 radical (unpaired) electrons. The van der Waals surface area contributed by atoms with Gasteiger partial charge >= 0.3 is 0 Å². The van der Waals surface area contributed by atoms with Crippen LogP contribution < -0.4 is 20.3 Å². The zero-order valence-electron chi connectivity index (χ0n) is 18.4. The molecule has 1 aliphatic rings. The van der Waals surface area contributed by atoms with Gasteiger partial charge in [0.15, 0.2) is 5.96 Å². The van der Waals surface area contributed by atoms with Gasteiger partial charge < -0.3 is 30.1 Å². The molecule has 1 aromatic rings. The Bertz CT molecular complexity index is 624. The number of aliphatic imine (C=N–C) groups is 1. The lowest BCUT2D eigenvalue weighted by molar-refractivity contribution is 0.0301. The molecule has 7 nitrogen and oxygen atoms in total. The summed E-state index contributed by atoms with van der Waals surface area (Å²) in [7, 11) is 1.71. The molecule has 1 aromatic carbocycles. The summed E-state index contributed by atoms with van der Waals surface area (Å²) in [6.07, 6.45) is 1.58. The second-order valence-electron chi connectivity index (χ2n) is 7.91. The Morgan fingerprint density at radius 1 is 1.31 bits per heavy atom. The Morgan fingerprint density at radius 3 is 2.83 bits per heavy atom. The number of rotatable bonds is 10. The molecule has 2 rings (SSSR count). The Labute approximate surface area is 175 Å². The van der Waals surface area contributed by atoms with E-state index >= 15 is 0 Å². The maximum Gasteiger partial charge on any atom is 0.191 e. The molecule has 1 fully saturated rings. The van der Waals surface area contributed by atoms with Crippen molar-refractivity contribution in [1.29, 1.82) is 0 Å². The van der Waals surface area contributed by atoms with Gasteiger partial charge in [-0.25, -0.2) is 0 Å². The molecule has 0 aliphatic carbocycles. The van der Waals surface area contributed by atoms with E-state index in [4.69, 9.17) is 9.47 Å². The fourth-order valence-corrected chi connectivity index (χ4v) is 3.41. The van der Waals surface area contributed by atoms with E-state index < -0.39 is 6.10 Å². The second-order valence-corrected chi connectivity index (χ2v) is 7.91. The minimum absolute atomic E-state index is 0.279. The Balaban J connectivity index is 1.91. The van der Waals surface area contributed by atoms with Gasteiger partial charge in [0.2, 0.25) is 0 Å². The molecule has 7 heteroatoms. The van der Waals surface area contributed by atoms with Gasteiger partial charge in [-0.05, 0) is 37.8 Å². The predicted molar refractivity (Wildman–Crippen MR) is 119 cm³/mol. The lowest BCUT2D eigenvalue weighted by Crippen LogP contribution is -2.51. The molecule has 0 amide bonds. The summed E-state index contributed by atoms with van der Waals surface area (Å²) in [4.78, 5) is 6.92. The normalized spacial score (nSPS) is 18.6. The molecular weight excluding hydrogens is 368 g/mol. The van der Waals surface area contributed by atoms with E-state index in [1.807, 2.05) is 25.1 Å². The number of benzene rings is 1. The number of nitrogens with one attached hydrogen (secondary N) is 2. The van der Waals surface area contributed by atoms with Crippen molar-refractivity contribution in [3.63, 3.8) is 0 Å². The van der Waals surface area contributed by atoms with E-state index in [2.05, 4.69) is 40.4 Å². The molecule has 1 saturated heterocycles. The Kier molecular flexibility index (Phi) is 10.1. The molecule has 1 aliphatic heterocycles. The summed E-state index contributed by atoms with van der Waals surface area (Å²) in [5.74, 6) is 2.10. The first-order valence-electron chi connectivity index (χ1n) is 10.7. The SMILES string of the molecule is CCNC(=NCC(O)COCC(C)C)NC1CCCN(c2ccccc2OC)C1. The molecule has 0 saturated carbocycles. The van der Waals surface area contributed by atoms with Crippen LogP contribution in [0.2, 0.25) is 0 Å². The van der Waals surface area contributed by atoms with E-state index in [-0.39, 0.29) is 6.04 Å². The van der Waals surface area contributed by atoms with E-state index in [0.717, 1.165) is 49.9 Å². The van der Waals surface area contributed by atoms with Crippen molar-refractivity contribution >= 4 is 11.6 Å². The average Bonchev–Trinajstić information content (AvgIpc) is 2.72. The van der Waals surface area contributed by atoms with Gasteiger partial charge in [-0.2, -0.15) is 0 Å². The minimum atomic E-state index is -0.597. The topological polar surface area (TPSA) is 78.4 Å². The van der Waals surface area contributed by atoms with Crippen LogP contribution in [-0.2, 0) is 4.74 Å². The van der Waals surface area contributed by atoms with Crippen LogP contribution in [0.1, 0.15) is 33.6 Å². The highest BCUT2D eigenvalue weighted by Crippen LogP contribution is 2.29. The monoisotopic (exact) mass is 406 g/mol. The van der Waals surface area contributed by atoms with Gasteiger partial charge in [0.25, 0.3) is 0 Å². The molecule has 0 bridgehead atoms. The van der Waals surface area contributed by atoms with Crippen LogP contribution in [0.15, 0.2) is 29.3 Å². The predicted octanol–water partition coefficient (Wildman–Crippen LogP) is 2.25. The van der Waals surface area contributed by atoms with Crippen molar-refractivity contribution in [2.24, 2.45) is 10.9 Å². The smallest absolute Gasteiger partial charge is 0.191 e. The number of nitrogens with zero attached hydrogens (tertiary/aromatic N) is 2. The van der Waals surface area contributed by atoms with Crippen LogP contribution in [0.3, 0.4) is 0 Å². The van der Waals surface area contributed by atoms with Crippen LogP contribution in [-0.4, -0.2) is 69.7 Å². The van der Waals surface area contributed by atoms with Crippen LogP contribution in [0.5, 0.6) is 5.75 Å². The summed E-state index contributed by atoms with van der Waals surface area (Å²) in [5.41, 5.74) is 1.13. The van der Waals surface area contributed by atoms with Gasteiger partial charge in [0, 0.05) is 32.3 Å².